The molecule has 2 aromatic carbocycles. The second-order valence-electron chi connectivity index (χ2n) is 9.31. The van der Waals surface area contributed by atoms with E-state index < -0.39 is 35.3 Å². The quantitative estimate of drug-likeness (QED) is 0.586. The lowest BCUT2D eigenvalue weighted by molar-refractivity contribution is -0.139. The molecule has 0 bridgehead atoms. The molecule has 7 nitrogen and oxygen atoms in total. The number of rotatable bonds is 5. The SMILES string of the molecule is CC(C)C[C@H](C(=O)N1CC(=O)Nc2ccccc2C[C@H]1C#N)n1cccc(-c2ccc(F)cc2)c1=O. The van der Waals surface area contributed by atoms with Gasteiger partial charge < -0.3 is 14.8 Å². The Balaban J connectivity index is 1.75. The van der Waals surface area contributed by atoms with Crippen LogP contribution < -0.4 is 10.9 Å². The van der Waals surface area contributed by atoms with Gasteiger partial charge in [-0.15, -0.1) is 0 Å². The number of carbonyl (C=O) groups excluding carboxylic acids is 2. The van der Waals surface area contributed by atoms with E-state index in [1.165, 1.54) is 33.7 Å². The van der Waals surface area contributed by atoms with Gasteiger partial charge in [0, 0.05) is 23.9 Å². The van der Waals surface area contributed by atoms with Crippen molar-refractivity contribution in [3.05, 3.63) is 88.6 Å². The number of nitriles is 1. The van der Waals surface area contributed by atoms with Crippen molar-refractivity contribution in [2.24, 2.45) is 5.92 Å². The summed E-state index contributed by atoms with van der Waals surface area (Å²) in [4.78, 5) is 41.5. The number of anilines is 1. The maximum atomic E-state index is 14.0. The number of benzene rings is 2. The Morgan fingerprint density at radius 3 is 2.53 bits per heavy atom. The largest absolute Gasteiger partial charge is 0.324 e. The standard InChI is InChI=1S/C28H27FN4O3/c1-18(2)14-25(32-13-5-7-23(27(32)35)19-9-11-21(29)12-10-19)28(36)33-17-26(34)31-24-8-4-3-6-20(24)15-22(33)16-30/h3-13,18,22,25H,14-15,17H2,1-2H3,(H,31,34)/t22-,25+/m0/s1. The van der Waals surface area contributed by atoms with Crippen molar-refractivity contribution in [1.29, 1.82) is 5.26 Å². The third kappa shape index (κ3) is 5.20. The molecule has 0 aliphatic carbocycles. The molecule has 0 unspecified atom stereocenters. The Hall–Kier alpha value is -4.25. The van der Waals surface area contributed by atoms with E-state index >= 15 is 0 Å². The van der Waals surface area contributed by atoms with Gasteiger partial charge in [0.05, 0.1) is 6.07 Å². The molecular formula is C28H27FN4O3. The summed E-state index contributed by atoms with van der Waals surface area (Å²) in [6.07, 6.45) is 2.12. The first kappa shape index (κ1) is 24.9. The van der Waals surface area contributed by atoms with Gasteiger partial charge in [-0.1, -0.05) is 44.2 Å². The third-order valence-electron chi connectivity index (χ3n) is 6.27. The maximum Gasteiger partial charge on any atom is 0.259 e. The van der Waals surface area contributed by atoms with Crippen LogP contribution in [0.15, 0.2) is 71.7 Å². The van der Waals surface area contributed by atoms with Crippen LogP contribution >= 0.6 is 0 Å². The molecule has 0 saturated heterocycles. The number of amides is 2. The Morgan fingerprint density at radius 1 is 1.11 bits per heavy atom. The summed E-state index contributed by atoms with van der Waals surface area (Å²) < 4.78 is 14.8. The Morgan fingerprint density at radius 2 is 1.83 bits per heavy atom. The molecule has 2 amide bonds. The zero-order valence-electron chi connectivity index (χ0n) is 20.1. The summed E-state index contributed by atoms with van der Waals surface area (Å²) in [6.45, 7) is 3.58. The molecular weight excluding hydrogens is 459 g/mol. The molecule has 1 aliphatic rings. The fourth-order valence-corrected chi connectivity index (χ4v) is 4.52. The highest BCUT2D eigenvalue weighted by Gasteiger charge is 2.35. The molecule has 0 spiro atoms. The molecule has 1 aliphatic heterocycles. The second kappa shape index (κ2) is 10.6. The number of aromatic nitrogens is 1. The number of carbonyl (C=O) groups is 2. The number of hydrogen-bond acceptors (Lipinski definition) is 4. The van der Waals surface area contributed by atoms with Crippen LogP contribution in [-0.2, 0) is 16.0 Å². The molecule has 0 radical (unpaired) electrons. The van der Waals surface area contributed by atoms with Crippen molar-refractivity contribution in [2.75, 3.05) is 11.9 Å². The van der Waals surface area contributed by atoms with Crippen molar-refractivity contribution in [3.8, 4) is 17.2 Å². The summed E-state index contributed by atoms with van der Waals surface area (Å²) in [6, 6.07) is 16.4. The van der Waals surface area contributed by atoms with Gasteiger partial charge in [0.1, 0.15) is 24.4 Å². The van der Waals surface area contributed by atoms with E-state index in [4.69, 9.17) is 0 Å². The highest BCUT2D eigenvalue weighted by Crippen LogP contribution is 2.26. The molecule has 2 atom stereocenters. The van der Waals surface area contributed by atoms with E-state index in [1.807, 2.05) is 26.0 Å². The molecule has 4 rings (SSSR count). The van der Waals surface area contributed by atoms with Crippen molar-refractivity contribution in [3.63, 3.8) is 0 Å². The van der Waals surface area contributed by atoms with Gasteiger partial charge in [0.15, 0.2) is 0 Å². The molecule has 3 aromatic rings. The van der Waals surface area contributed by atoms with Gasteiger partial charge in [0.25, 0.3) is 5.56 Å². The molecule has 8 heteroatoms. The van der Waals surface area contributed by atoms with Crippen molar-refractivity contribution in [1.82, 2.24) is 9.47 Å². The first-order chi connectivity index (χ1) is 17.3. The minimum absolute atomic E-state index is 0.0465. The van der Waals surface area contributed by atoms with Gasteiger partial charge in [-0.05, 0) is 53.8 Å². The predicted octanol–water partition coefficient (Wildman–Crippen LogP) is 4.16. The summed E-state index contributed by atoms with van der Waals surface area (Å²) in [5.74, 6) is -1.25. The van der Waals surface area contributed by atoms with E-state index in [0.717, 1.165) is 5.56 Å². The van der Waals surface area contributed by atoms with Gasteiger partial charge >= 0.3 is 0 Å². The van der Waals surface area contributed by atoms with E-state index in [2.05, 4.69) is 11.4 Å². The number of nitrogens with zero attached hydrogens (tertiary/aromatic N) is 3. The van der Waals surface area contributed by atoms with Crippen LogP contribution in [0.3, 0.4) is 0 Å². The molecule has 2 heterocycles. The van der Waals surface area contributed by atoms with Crippen molar-refractivity contribution in [2.45, 2.75) is 38.8 Å². The average Bonchev–Trinajstić information content (AvgIpc) is 2.85. The lowest BCUT2D eigenvalue weighted by atomic mass is 9.98. The fraction of sp³-hybridized carbons (Fsp3) is 0.286. The minimum atomic E-state index is -0.920. The van der Waals surface area contributed by atoms with E-state index in [-0.39, 0.29) is 18.9 Å². The van der Waals surface area contributed by atoms with Crippen molar-refractivity contribution >= 4 is 17.5 Å². The average molecular weight is 487 g/mol. The first-order valence-corrected chi connectivity index (χ1v) is 11.8. The third-order valence-corrected chi connectivity index (χ3v) is 6.27. The van der Waals surface area contributed by atoms with Gasteiger partial charge in [-0.25, -0.2) is 4.39 Å². The second-order valence-corrected chi connectivity index (χ2v) is 9.31. The smallest absolute Gasteiger partial charge is 0.259 e. The molecule has 36 heavy (non-hydrogen) atoms. The molecule has 1 N–H and O–H groups in total. The lowest BCUT2D eigenvalue weighted by Crippen LogP contribution is -2.50. The van der Waals surface area contributed by atoms with E-state index in [0.29, 0.717) is 23.2 Å². The highest BCUT2D eigenvalue weighted by molar-refractivity contribution is 5.96. The van der Waals surface area contributed by atoms with Crippen molar-refractivity contribution < 1.29 is 14.0 Å². The monoisotopic (exact) mass is 486 g/mol. The summed E-state index contributed by atoms with van der Waals surface area (Å²) in [5, 5.41) is 12.8. The van der Waals surface area contributed by atoms with Crippen LogP contribution in [0.25, 0.3) is 11.1 Å². The zero-order chi connectivity index (χ0) is 25.8. The Kier molecular flexibility index (Phi) is 7.30. The number of hydrogen-bond donors (Lipinski definition) is 1. The number of para-hydroxylation sites is 1. The lowest BCUT2D eigenvalue weighted by Gasteiger charge is -2.33. The van der Waals surface area contributed by atoms with E-state index in [1.54, 1.807) is 30.5 Å². The number of halogens is 1. The van der Waals surface area contributed by atoms with Crippen LogP contribution in [0.5, 0.6) is 0 Å². The van der Waals surface area contributed by atoms with Gasteiger partial charge in [0.2, 0.25) is 11.8 Å². The molecule has 184 valence electrons. The van der Waals surface area contributed by atoms with Crippen LogP contribution in [-0.4, -0.2) is 33.9 Å². The minimum Gasteiger partial charge on any atom is -0.324 e. The topological polar surface area (TPSA) is 95.2 Å². The number of nitrogens with one attached hydrogen (secondary N) is 1. The van der Waals surface area contributed by atoms with E-state index in [9.17, 15) is 24.0 Å². The van der Waals surface area contributed by atoms with Crippen LogP contribution in [0.4, 0.5) is 10.1 Å². The van der Waals surface area contributed by atoms with Gasteiger partial charge in [-0.3, -0.25) is 14.4 Å². The normalized spacial score (nSPS) is 16.4. The predicted molar refractivity (Wildman–Crippen MR) is 134 cm³/mol. The summed E-state index contributed by atoms with van der Waals surface area (Å²) in [7, 11) is 0. The fourth-order valence-electron chi connectivity index (χ4n) is 4.52. The highest BCUT2D eigenvalue weighted by atomic mass is 19.1. The Bertz CT molecular complexity index is 1370. The summed E-state index contributed by atoms with van der Waals surface area (Å²) >= 11 is 0. The Labute approximate surface area is 208 Å². The zero-order valence-corrected chi connectivity index (χ0v) is 20.1. The summed E-state index contributed by atoms with van der Waals surface area (Å²) in [5.41, 5.74) is 1.83. The van der Waals surface area contributed by atoms with Crippen LogP contribution in [0, 0.1) is 23.1 Å². The van der Waals surface area contributed by atoms with Crippen LogP contribution in [0.2, 0.25) is 0 Å². The maximum absolute atomic E-state index is 14.0. The number of fused-ring (bicyclic) bond motifs is 1. The first-order valence-electron chi connectivity index (χ1n) is 11.8. The molecule has 1 aromatic heterocycles. The van der Waals surface area contributed by atoms with Gasteiger partial charge in [-0.2, -0.15) is 5.26 Å². The van der Waals surface area contributed by atoms with Crippen LogP contribution in [0.1, 0.15) is 31.9 Å². The molecule has 0 fully saturated rings. The molecule has 0 saturated carbocycles. The number of pyridine rings is 1.